The van der Waals surface area contributed by atoms with Crippen LogP contribution in [0.5, 0.6) is 0 Å². The molecule has 0 aliphatic rings. The van der Waals surface area contributed by atoms with Gasteiger partial charge in [0, 0.05) is 11.6 Å². The lowest BCUT2D eigenvalue weighted by Gasteiger charge is -2.14. The first kappa shape index (κ1) is 16.4. The molecule has 2 N–H and O–H groups in total. The molecule has 1 atom stereocenters. The molecule has 0 bridgehead atoms. The summed E-state index contributed by atoms with van der Waals surface area (Å²) in [6.07, 6.45) is -0.102. The summed E-state index contributed by atoms with van der Waals surface area (Å²) in [7, 11) is -3.48. The third-order valence-corrected chi connectivity index (χ3v) is 4.25. The minimum absolute atomic E-state index is 0.0327. The second-order valence-electron chi connectivity index (χ2n) is 4.98. The largest absolute Gasteiger partial charge is 0.392 e. The molecule has 0 aliphatic heterocycles. The van der Waals surface area contributed by atoms with E-state index >= 15 is 0 Å². The van der Waals surface area contributed by atoms with Crippen molar-refractivity contribution in [2.75, 3.05) is 6.54 Å². The van der Waals surface area contributed by atoms with Gasteiger partial charge in [-0.05, 0) is 24.0 Å². The summed E-state index contributed by atoms with van der Waals surface area (Å²) in [6.45, 7) is 3.98. The Morgan fingerprint density at radius 1 is 1.32 bits per heavy atom. The third kappa shape index (κ3) is 6.38. The summed E-state index contributed by atoms with van der Waals surface area (Å²) < 4.78 is 26.1. The molecule has 4 nitrogen and oxygen atoms in total. The van der Waals surface area contributed by atoms with E-state index in [2.05, 4.69) is 4.72 Å². The van der Waals surface area contributed by atoms with Gasteiger partial charge in [0.15, 0.2) is 0 Å². The molecule has 0 fully saturated rings. The fourth-order valence-electron chi connectivity index (χ4n) is 1.72. The van der Waals surface area contributed by atoms with Crippen molar-refractivity contribution in [3.63, 3.8) is 0 Å². The zero-order valence-electron chi connectivity index (χ0n) is 11.1. The lowest BCUT2D eigenvalue weighted by Crippen LogP contribution is -2.33. The number of hydrogen-bond acceptors (Lipinski definition) is 3. The molecule has 0 heterocycles. The van der Waals surface area contributed by atoms with Crippen molar-refractivity contribution in [2.24, 2.45) is 5.92 Å². The first-order valence-electron chi connectivity index (χ1n) is 6.19. The summed E-state index contributed by atoms with van der Waals surface area (Å²) in [6, 6.07) is 6.81. The molecular weight excluding hydrogens is 286 g/mol. The third-order valence-electron chi connectivity index (χ3n) is 2.59. The van der Waals surface area contributed by atoms with E-state index in [1.165, 1.54) is 0 Å². The summed E-state index contributed by atoms with van der Waals surface area (Å²) >= 11 is 5.92. The first-order chi connectivity index (χ1) is 8.80. The number of nitrogens with one attached hydrogen (secondary N) is 1. The van der Waals surface area contributed by atoms with E-state index in [4.69, 9.17) is 11.6 Å². The minimum atomic E-state index is -3.48. The van der Waals surface area contributed by atoms with Crippen molar-refractivity contribution >= 4 is 21.6 Å². The highest BCUT2D eigenvalue weighted by molar-refractivity contribution is 7.88. The lowest BCUT2D eigenvalue weighted by atomic mass is 10.1. The number of rotatable bonds is 7. The summed E-state index contributed by atoms with van der Waals surface area (Å²) in [4.78, 5) is 0. The van der Waals surface area contributed by atoms with Gasteiger partial charge >= 0.3 is 0 Å². The maximum atomic E-state index is 11.9. The topological polar surface area (TPSA) is 66.4 Å². The molecule has 108 valence electrons. The van der Waals surface area contributed by atoms with Crippen LogP contribution in [0.2, 0.25) is 5.02 Å². The van der Waals surface area contributed by atoms with Gasteiger partial charge in [0.1, 0.15) is 0 Å². The van der Waals surface area contributed by atoms with Crippen molar-refractivity contribution in [1.29, 1.82) is 0 Å². The molecule has 1 rings (SSSR count). The van der Waals surface area contributed by atoms with Gasteiger partial charge in [-0.3, -0.25) is 0 Å². The molecule has 0 saturated heterocycles. The van der Waals surface area contributed by atoms with Crippen molar-refractivity contribution in [3.05, 3.63) is 34.9 Å². The van der Waals surface area contributed by atoms with Crippen LogP contribution in [0.15, 0.2) is 24.3 Å². The Balaban J connectivity index is 2.56. The predicted molar refractivity (Wildman–Crippen MR) is 77.5 cm³/mol. The molecule has 0 aromatic heterocycles. The highest BCUT2D eigenvalue weighted by Gasteiger charge is 2.16. The summed E-state index contributed by atoms with van der Waals surface area (Å²) in [5.74, 6) is 0.143. The zero-order valence-corrected chi connectivity index (χ0v) is 12.7. The molecule has 19 heavy (non-hydrogen) atoms. The number of benzene rings is 1. The summed E-state index contributed by atoms with van der Waals surface area (Å²) in [5.41, 5.74) is 0.551. The van der Waals surface area contributed by atoms with E-state index in [9.17, 15) is 13.5 Å². The van der Waals surface area contributed by atoms with Crippen LogP contribution in [0, 0.1) is 5.92 Å². The first-order valence-corrected chi connectivity index (χ1v) is 8.22. The maximum absolute atomic E-state index is 11.9. The molecule has 1 unspecified atom stereocenters. The van der Waals surface area contributed by atoms with Gasteiger partial charge in [0.25, 0.3) is 0 Å². The monoisotopic (exact) mass is 305 g/mol. The highest BCUT2D eigenvalue weighted by atomic mass is 35.5. The fourth-order valence-corrected chi connectivity index (χ4v) is 3.21. The smallest absolute Gasteiger partial charge is 0.215 e. The highest BCUT2D eigenvalue weighted by Crippen LogP contribution is 2.17. The molecule has 1 aromatic rings. The second kappa shape index (κ2) is 7.24. The number of sulfonamides is 1. The normalized spacial score (nSPS) is 13.7. The SMILES string of the molecule is CC(C)CC(O)CNS(=O)(=O)Cc1ccccc1Cl. The van der Waals surface area contributed by atoms with E-state index in [-0.39, 0.29) is 12.3 Å². The van der Waals surface area contributed by atoms with Gasteiger partial charge in [-0.1, -0.05) is 43.6 Å². The van der Waals surface area contributed by atoms with Crippen molar-refractivity contribution in [1.82, 2.24) is 4.72 Å². The number of aliphatic hydroxyl groups excluding tert-OH is 1. The predicted octanol–water partition coefficient (Wildman–Crippen LogP) is 2.17. The van der Waals surface area contributed by atoms with Crippen molar-refractivity contribution < 1.29 is 13.5 Å². The Kier molecular flexibility index (Phi) is 6.26. The van der Waals surface area contributed by atoms with Crippen LogP contribution in [0.1, 0.15) is 25.8 Å². The molecule has 6 heteroatoms. The molecule has 0 radical (unpaired) electrons. The Bertz CT molecular complexity index is 502. The van der Waals surface area contributed by atoms with Gasteiger partial charge in [0.2, 0.25) is 10.0 Å². The Labute approximate surface area is 119 Å². The molecule has 1 aromatic carbocycles. The molecule has 0 saturated carbocycles. The molecule has 0 amide bonds. The number of hydrogen-bond donors (Lipinski definition) is 2. The average molecular weight is 306 g/mol. The van der Waals surface area contributed by atoms with Gasteiger partial charge in [0.05, 0.1) is 11.9 Å². The fraction of sp³-hybridized carbons (Fsp3) is 0.538. The molecule has 0 aliphatic carbocycles. The van der Waals surface area contributed by atoms with Crippen LogP contribution in [0.3, 0.4) is 0 Å². The number of aliphatic hydroxyl groups is 1. The Hall–Kier alpha value is -0.620. The van der Waals surface area contributed by atoms with Crippen LogP contribution in [0.25, 0.3) is 0 Å². The number of halogens is 1. The molecular formula is C13H20ClNO3S. The standard InChI is InChI=1S/C13H20ClNO3S/c1-10(2)7-12(16)8-15-19(17,18)9-11-5-3-4-6-13(11)14/h3-6,10,12,15-16H,7-9H2,1-2H3. The van der Waals surface area contributed by atoms with Crippen molar-refractivity contribution in [2.45, 2.75) is 32.1 Å². The summed E-state index contributed by atoms with van der Waals surface area (Å²) in [5, 5.41) is 10.1. The maximum Gasteiger partial charge on any atom is 0.215 e. The van der Waals surface area contributed by atoms with E-state index in [0.717, 1.165) is 0 Å². The zero-order chi connectivity index (χ0) is 14.5. The van der Waals surface area contributed by atoms with Gasteiger partial charge in [-0.25, -0.2) is 13.1 Å². The van der Waals surface area contributed by atoms with E-state index in [1.807, 2.05) is 13.8 Å². The van der Waals surface area contributed by atoms with E-state index in [0.29, 0.717) is 22.9 Å². The van der Waals surface area contributed by atoms with Crippen molar-refractivity contribution in [3.8, 4) is 0 Å². The lowest BCUT2D eigenvalue weighted by molar-refractivity contribution is 0.152. The van der Waals surface area contributed by atoms with E-state index in [1.54, 1.807) is 24.3 Å². The van der Waals surface area contributed by atoms with Crippen LogP contribution < -0.4 is 4.72 Å². The quantitative estimate of drug-likeness (QED) is 0.811. The Morgan fingerprint density at radius 2 is 1.95 bits per heavy atom. The van der Waals surface area contributed by atoms with Gasteiger partial charge < -0.3 is 5.11 Å². The Morgan fingerprint density at radius 3 is 2.53 bits per heavy atom. The average Bonchev–Trinajstić information content (AvgIpc) is 2.29. The van der Waals surface area contributed by atoms with Crippen LogP contribution >= 0.6 is 11.6 Å². The van der Waals surface area contributed by atoms with Gasteiger partial charge in [-0.2, -0.15) is 0 Å². The second-order valence-corrected chi connectivity index (χ2v) is 7.20. The van der Waals surface area contributed by atoms with Crippen LogP contribution in [0.4, 0.5) is 0 Å². The minimum Gasteiger partial charge on any atom is -0.392 e. The molecule has 0 spiro atoms. The van der Waals surface area contributed by atoms with E-state index < -0.39 is 16.1 Å². The van der Waals surface area contributed by atoms with Crippen LogP contribution in [-0.2, 0) is 15.8 Å². The van der Waals surface area contributed by atoms with Gasteiger partial charge in [-0.15, -0.1) is 0 Å². The van der Waals surface area contributed by atoms with Crippen LogP contribution in [-0.4, -0.2) is 26.2 Å².